The summed E-state index contributed by atoms with van der Waals surface area (Å²) in [6, 6.07) is 0. The molecule has 0 aromatic rings. The maximum atomic E-state index is 11.1. The Hall–Kier alpha value is 0.360. The molecule has 10 N–H and O–H groups in total. The number of aliphatic hydroxyl groups excluding tert-OH is 2. The quantitative estimate of drug-likeness (QED) is 0.145. The predicted molar refractivity (Wildman–Crippen MR) is 79.7 cm³/mol. The first kappa shape index (κ1) is 26.4. The molecule has 1 rings (SSSR count). The summed E-state index contributed by atoms with van der Waals surface area (Å²) in [5, 5.41) is 20.1. The molecule has 0 heterocycles. The topological polar surface area (TPSA) is 308 Å². The van der Waals surface area contributed by atoms with E-state index in [0.29, 0.717) is 0 Å². The molecule has 0 saturated heterocycles. The van der Waals surface area contributed by atoms with E-state index in [1.165, 1.54) is 0 Å². The highest BCUT2D eigenvalue weighted by molar-refractivity contribution is 7.47. The lowest BCUT2D eigenvalue weighted by molar-refractivity contribution is -0.208. The Labute approximate surface area is 154 Å². The SMILES string of the molecule is O=P(O)(O)O[C@@H]1[C@@H](O)[C@H](OP(=O)(O)O)[C@H](OP(=O)(O)O)[C@H](OP(=O)(O)O)[C@H]1O. The molecule has 0 aromatic heterocycles. The van der Waals surface area contributed by atoms with Gasteiger partial charge in [0.05, 0.1) is 0 Å². The normalized spacial score (nSPS) is 33.1. The van der Waals surface area contributed by atoms with Crippen molar-refractivity contribution in [3.05, 3.63) is 0 Å². The third kappa shape index (κ3) is 8.62. The zero-order chi connectivity index (χ0) is 22.3. The van der Waals surface area contributed by atoms with Crippen LogP contribution in [0.2, 0.25) is 0 Å². The molecule has 0 amide bonds. The highest BCUT2D eigenvalue weighted by Crippen LogP contribution is 2.52. The van der Waals surface area contributed by atoms with Crippen molar-refractivity contribution < 1.29 is 85.7 Å². The molecule has 1 saturated carbocycles. The Morgan fingerprint density at radius 3 is 0.893 bits per heavy atom. The van der Waals surface area contributed by atoms with Crippen LogP contribution in [0.3, 0.4) is 0 Å². The van der Waals surface area contributed by atoms with E-state index < -0.39 is 67.9 Å². The molecular weight excluding hydrogens is 484 g/mol. The minimum atomic E-state index is -5.64. The summed E-state index contributed by atoms with van der Waals surface area (Å²) in [4.78, 5) is 71.0. The van der Waals surface area contributed by atoms with Crippen LogP contribution in [-0.4, -0.2) is 86.0 Å². The van der Waals surface area contributed by atoms with Crippen molar-refractivity contribution in [2.45, 2.75) is 36.6 Å². The van der Waals surface area contributed by atoms with Gasteiger partial charge in [0.2, 0.25) is 0 Å². The minimum Gasteiger partial charge on any atom is -0.387 e. The summed E-state index contributed by atoms with van der Waals surface area (Å²) < 4.78 is 60.5. The first-order valence-electron chi connectivity index (χ1n) is 6.52. The molecular formula is C6H16O18P4. The fourth-order valence-electron chi connectivity index (χ4n) is 2.28. The van der Waals surface area contributed by atoms with Crippen LogP contribution in [0.25, 0.3) is 0 Å². The summed E-state index contributed by atoms with van der Waals surface area (Å²) in [5.74, 6) is 0. The van der Waals surface area contributed by atoms with Gasteiger partial charge in [-0.2, -0.15) is 0 Å². The second-order valence-corrected chi connectivity index (χ2v) is 9.99. The Balaban J connectivity index is 3.50. The van der Waals surface area contributed by atoms with E-state index in [1.54, 1.807) is 0 Å². The molecule has 1 fully saturated rings. The van der Waals surface area contributed by atoms with Crippen LogP contribution < -0.4 is 0 Å². The Morgan fingerprint density at radius 1 is 0.429 bits per heavy atom. The Kier molecular flexibility index (Phi) is 8.34. The molecule has 0 aromatic carbocycles. The van der Waals surface area contributed by atoms with Gasteiger partial charge in [0.15, 0.2) is 0 Å². The highest BCUT2D eigenvalue weighted by atomic mass is 31.2. The molecule has 1 aliphatic rings. The van der Waals surface area contributed by atoms with Crippen molar-refractivity contribution in [3.8, 4) is 0 Å². The fraction of sp³-hybridized carbons (Fsp3) is 1.00. The lowest BCUT2D eigenvalue weighted by Crippen LogP contribution is -2.65. The van der Waals surface area contributed by atoms with Crippen LogP contribution in [0.4, 0.5) is 0 Å². The van der Waals surface area contributed by atoms with Crippen molar-refractivity contribution in [1.82, 2.24) is 0 Å². The predicted octanol–water partition coefficient (Wildman–Crippen LogP) is -3.37. The van der Waals surface area contributed by atoms with Crippen molar-refractivity contribution in [3.63, 3.8) is 0 Å². The van der Waals surface area contributed by atoms with E-state index in [0.717, 1.165) is 0 Å². The molecule has 0 spiro atoms. The van der Waals surface area contributed by atoms with Gasteiger partial charge in [-0.15, -0.1) is 0 Å². The van der Waals surface area contributed by atoms with E-state index in [4.69, 9.17) is 39.1 Å². The van der Waals surface area contributed by atoms with Gasteiger partial charge in [-0.25, -0.2) is 18.3 Å². The first-order valence-corrected chi connectivity index (χ1v) is 12.6. The molecule has 18 nitrogen and oxygen atoms in total. The molecule has 28 heavy (non-hydrogen) atoms. The molecule has 0 radical (unpaired) electrons. The van der Waals surface area contributed by atoms with Gasteiger partial charge in [0.1, 0.15) is 36.6 Å². The van der Waals surface area contributed by atoms with E-state index in [1.807, 2.05) is 0 Å². The number of hydrogen-bond acceptors (Lipinski definition) is 10. The second kappa shape index (κ2) is 8.85. The van der Waals surface area contributed by atoms with Crippen LogP contribution in [0.5, 0.6) is 0 Å². The standard InChI is InChI=1S/C6H16O18P4/c7-1-3(21-25(9,10)11)2(8)5(23-27(15,16)17)6(24-28(18,19)20)4(1)22-26(12,13)14/h1-8H,(H2,9,10,11)(H2,12,13,14)(H2,15,16,17)(H2,18,19,20)/t1-,2+,3-,4+,5-,6+. The number of hydrogen-bond donors (Lipinski definition) is 10. The monoisotopic (exact) mass is 500 g/mol. The summed E-state index contributed by atoms with van der Waals surface area (Å²) in [7, 11) is -22.4. The molecule has 0 unspecified atom stereocenters. The van der Waals surface area contributed by atoms with E-state index >= 15 is 0 Å². The van der Waals surface area contributed by atoms with Crippen LogP contribution in [-0.2, 0) is 36.4 Å². The lowest BCUT2D eigenvalue weighted by atomic mass is 9.85. The maximum Gasteiger partial charge on any atom is 0.470 e. The number of aliphatic hydroxyl groups is 2. The van der Waals surface area contributed by atoms with Gasteiger partial charge in [-0.05, 0) is 0 Å². The number of phosphoric acid groups is 4. The minimum absolute atomic E-state index is 2.56. The zero-order valence-electron chi connectivity index (χ0n) is 13.0. The third-order valence-electron chi connectivity index (χ3n) is 3.03. The number of rotatable bonds is 8. The van der Waals surface area contributed by atoms with Gasteiger partial charge in [-0.1, -0.05) is 0 Å². The van der Waals surface area contributed by atoms with Gasteiger partial charge >= 0.3 is 31.3 Å². The van der Waals surface area contributed by atoms with Crippen LogP contribution >= 0.6 is 31.3 Å². The average Bonchev–Trinajstić information content (AvgIpc) is 2.39. The summed E-state index contributed by atoms with van der Waals surface area (Å²) >= 11 is 0. The van der Waals surface area contributed by atoms with Crippen LogP contribution in [0.15, 0.2) is 0 Å². The maximum absolute atomic E-state index is 11.1. The molecule has 168 valence electrons. The molecule has 1 aliphatic carbocycles. The summed E-state index contributed by atoms with van der Waals surface area (Å²) in [6.07, 6.45) is -15.9. The highest BCUT2D eigenvalue weighted by Gasteiger charge is 2.58. The fourth-order valence-corrected chi connectivity index (χ4v) is 4.52. The first-order chi connectivity index (χ1) is 12.2. The Morgan fingerprint density at radius 2 is 0.643 bits per heavy atom. The van der Waals surface area contributed by atoms with E-state index in [2.05, 4.69) is 18.1 Å². The molecule has 0 bridgehead atoms. The van der Waals surface area contributed by atoms with Gasteiger partial charge in [-0.3, -0.25) is 18.1 Å². The number of phosphoric ester groups is 4. The van der Waals surface area contributed by atoms with Gasteiger partial charge < -0.3 is 49.4 Å². The van der Waals surface area contributed by atoms with Crippen LogP contribution in [0.1, 0.15) is 0 Å². The zero-order valence-corrected chi connectivity index (χ0v) is 16.6. The smallest absolute Gasteiger partial charge is 0.387 e. The van der Waals surface area contributed by atoms with Crippen molar-refractivity contribution in [2.75, 3.05) is 0 Å². The molecule has 6 atom stereocenters. The molecule has 0 aliphatic heterocycles. The molecule has 22 heteroatoms. The van der Waals surface area contributed by atoms with E-state index in [-0.39, 0.29) is 0 Å². The average molecular weight is 500 g/mol. The van der Waals surface area contributed by atoms with Gasteiger partial charge in [0.25, 0.3) is 0 Å². The second-order valence-electron chi connectivity index (χ2n) is 5.22. The van der Waals surface area contributed by atoms with E-state index in [9.17, 15) is 28.5 Å². The van der Waals surface area contributed by atoms with Crippen molar-refractivity contribution in [2.24, 2.45) is 0 Å². The van der Waals surface area contributed by atoms with Gasteiger partial charge in [0, 0.05) is 0 Å². The largest absolute Gasteiger partial charge is 0.470 e. The summed E-state index contributed by atoms with van der Waals surface area (Å²) in [5.41, 5.74) is 0. The third-order valence-corrected chi connectivity index (χ3v) is 5.10. The van der Waals surface area contributed by atoms with Crippen molar-refractivity contribution in [1.29, 1.82) is 0 Å². The van der Waals surface area contributed by atoms with Crippen molar-refractivity contribution >= 4 is 31.3 Å². The van der Waals surface area contributed by atoms with Crippen LogP contribution in [0, 0.1) is 0 Å². The Bertz CT molecular complexity index is 688. The lowest BCUT2D eigenvalue weighted by Gasteiger charge is -2.45. The summed E-state index contributed by atoms with van der Waals surface area (Å²) in [6.45, 7) is 0.